The molecule has 1 amide bonds. The quantitative estimate of drug-likeness (QED) is 0.588. The van der Waals surface area contributed by atoms with E-state index in [0.29, 0.717) is 5.69 Å². The van der Waals surface area contributed by atoms with Gasteiger partial charge in [-0.1, -0.05) is 6.07 Å². The van der Waals surface area contributed by atoms with E-state index >= 15 is 0 Å². The Bertz CT molecular complexity index is 986. The standard InChI is InChI=1S/C21H24F5N5O2/c1-13-3-4-18(30-19-9-16(6-8-27-19)33-21(24,25)26)29-17(13)11-31-12-20(22,23)7-5-15(31)10-28-14(2)32/h3-4,6,8-9,15H,5,7,10-12H2,1-2H3,(H,28,32)(H,27,29,30)/t15-/m1/s1. The van der Waals surface area contributed by atoms with Crippen molar-refractivity contribution in [3.63, 3.8) is 0 Å². The molecule has 1 aliphatic heterocycles. The highest BCUT2D eigenvalue weighted by atomic mass is 19.4. The molecule has 1 saturated heterocycles. The molecule has 2 N–H and O–H groups in total. The maximum absolute atomic E-state index is 14.1. The van der Waals surface area contributed by atoms with Crippen LogP contribution in [0.5, 0.6) is 5.75 Å². The molecule has 0 saturated carbocycles. The number of rotatable bonds is 7. The first kappa shape index (κ1) is 24.6. The van der Waals surface area contributed by atoms with Gasteiger partial charge in [0.1, 0.15) is 17.4 Å². The van der Waals surface area contributed by atoms with Crippen LogP contribution < -0.4 is 15.4 Å². The minimum Gasteiger partial charge on any atom is -0.406 e. The Balaban J connectivity index is 1.76. The number of amides is 1. The van der Waals surface area contributed by atoms with Crippen molar-refractivity contribution in [2.24, 2.45) is 0 Å². The van der Waals surface area contributed by atoms with Gasteiger partial charge in [-0.3, -0.25) is 9.69 Å². The Kier molecular flexibility index (Phi) is 7.35. The molecule has 1 atom stereocenters. The number of nitrogens with zero attached hydrogens (tertiary/aromatic N) is 3. The number of alkyl halides is 5. The van der Waals surface area contributed by atoms with Crippen LogP contribution in [0.15, 0.2) is 30.5 Å². The Morgan fingerprint density at radius 3 is 2.73 bits per heavy atom. The smallest absolute Gasteiger partial charge is 0.406 e. The molecule has 3 rings (SSSR count). The first-order chi connectivity index (χ1) is 15.4. The van der Waals surface area contributed by atoms with Crippen LogP contribution in [0, 0.1) is 6.92 Å². The third-order valence-electron chi connectivity index (χ3n) is 5.16. The zero-order valence-corrected chi connectivity index (χ0v) is 18.0. The minimum absolute atomic E-state index is 0.0760. The fourth-order valence-electron chi connectivity index (χ4n) is 3.54. The number of aryl methyl sites for hydroxylation is 1. The topological polar surface area (TPSA) is 79.4 Å². The normalized spacial score (nSPS) is 18.6. The summed E-state index contributed by atoms with van der Waals surface area (Å²) in [7, 11) is 0. The number of hydrogen-bond acceptors (Lipinski definition) is 6. The van der Waals surface area contributed by atoms with Crippen molar-refractivity contribution in [1.29, 1.82) is 0 Å². The number of hydrogen-bond donors (Lipinski definition) is 2. The highest BCUT2D eigenvalue weighted by Gasteiger charge is 2.40. The summed E-state index contributed by atoms with van der Waals surface area (Å²) in [4.78, 5) is 21.3. The molecule has 12 heteroatoms. The molecule has 3 heterocycles. The summed E-state index contributed by atoms with van der Waals surface area (Å²) in [6, 6.07) is 5.20. The van der Waals surface area contributed by atoms with Gasteiger partial charge in [0.2, 0.25) is 5.91 Å². The summed E-state index contributed by atoms with van der Waals surface area (Å²) in [6.45, 7) is 3.05. The lowest BCUT2D eigenvalue weighted by molar-refractivity contribution is -0.274. The fourth-order valence-corrected chi connectivity index (χ4v) is 3.54. The van der Waals surface area contributed by atoms with Gasteiger partial charge in [0, 0.05) is 44.7 Å². The van der Waals surface area contributed by atoms with Crippen molar-refractivity contribution in [2.75, 3.05) is 18.4 Å². The lowest BCUT2D eigenvalue weighted by Crippen LogP contribution is -2.52. The largest absolute Gasteiger partial charge is 0.573 e. The van der Waals surface area contributed by atoms with Crippen LogP contribution >= 0.6 is 0 Å². The van der Waals surface area contributed by atoms with Gasteiger partial charge in [-0.25, -0.2) is 18.7 Å². The number of likely N-dealkylation sites (tertiary alicyclic amines) is 1. The van der Waals surface area contributed by atoms with Crippen LogP contribution in [-0.4, -0.2) is 52.2 Å². The molecule has 1 aliphatic rings. The van der Waals surface area contributed by atoms with E-state index in [1.165, 1.54) is 6.92 Å². The van der Waals surface area contributed by atoms with Gasteiger partial charge >= 0.3 is 6.36 Å². The molecule has 180 valence electrons. The number of carbonyl (C=O) groups excluding carboxylic acids is 1. The van der Waals surface area contributed by atoms with Crippen LogP contribution in [0.25, 0.3) is 0 Å². The first-order valence-corrected chi connectivity index (χ1v) is 10.2. The predicted octanol–water partition coefficient (Wildman–Crippen LogP) is 4.16. The Morgan fingerprint density at radius 1 is 1.27 bits per heavy atom. The summed E-state index contributed by atoms with van der Waals surface area (Å²) in [5.74, 6) is -3.17. The van der Waals surface area contributed by atoms with Crippen molar-refractivity contribution in [1.82, 2.24) is 20.2 Å². The van der Waals surface area contributed by atoms with Crippen molar-refractivity contribution in [3.05, 3.63) is 41.7 Å². The Hall–Kier alpha value is -3.02. The van der Waals surface area contributed by atoms with Crippen molar-refractivity contribution in [3.8, 4) is 5.75 Å². The lowest BCUT2D eigenvalue weighted by Gasteiger charge is -2.39. The van der Waals surface area contributed by atoms with E-state index in [4.69, 9.17) is 0 Å². The van der Waals surface area contributed by atoms with Gasteiger partial charge in [0.25, 0.3) is 5.92 Å². The number of pyridine rings is 2. The highest BCUT2D eigenvalue weighted by Crippen LogP contribution is 2.31. The van der Waals surface area contributed by atoms with Gasteiger partial charge in [0.05, 0.1) is 12.2 Å². The maximum Gasteiger partial charge on any atom is 0.573 e. The second kappa shape index (κ2) is 9.86. The summed E-state index contributed by atoms with van der Waals surface area (Å²) in [5, 5.41) is 5.49. The van der Waals surface area contributed by atoms with Crippen molar-refractivity contribution >= 4 is 17.5 Å². The zero-order valence-electron chi connectivity index (χ0n) is 18.0. The summed E-state index contributed by atoms with van der Waals surface area (Å²) in [6.07, 6.45) is -3.72. The van der Waals surface area contributed by atoms with Crippen LogP contribution in [0.2, 0.25) is 0 Å². The molecule has 1 fully saturated rings. The van der Waals surface area contributed by atoms with E-state index in [-0.39, 0.29) is 49.5 Å². The second-order valence-electron chi connectivity index (χ2n) is 7.90. The van der Waals surface area contributed by atoms with Gasteiger partial charge in [0.15, 0.2) is 0 Å². The van der Waals surface area contributed by atoms with Gasteiger partial charge < -0.3 is 15.4 Å². The molecule has 0 aromatic carbocycles. The minimum atomic E-state index is -4.84. The van der Waals surface area contributed by atoms with Crippen LogP contribution in [0.4, 0.5) is 33.6 Å². The molecule has 0 aliphatic carbocycles. The van der Waals surface area contributed by atoms with Gasteiger partial charge in [-0.05, 0) is 31.0 Å². The molecule has 0 radical (unpaired) electrons. The molecule has 0 bridgehead atoms. The molecule has 2 aromatic rings. The van der Waals surface area contributed by atoms with Crippen LogP contribution in [0.1, 0.15) is 31.0 Å². The third kappa shape index (κ3) is 7.52. The summed E-state index contributed by atoms with van der Waals surface area (Å²) >= 11 is 0. The predicted molar refractivity (Wildman–Crippen MR) is 110 cm³/mol. The highest BCUT2D eigenvalue weighted by molar-refractivity contribution is 5.72. The van der Waals surface area contributed by atoms with E-state index in [1.807, 2.05) is 0 Å². The van der Waals surface area contributed by atoms with Gasteiger partial charge in [-0.15, -0.1) is 13.2 Å². The maximum atomic E-state index is 14.1. The van der Waals surface area contributed by atoms with E-state index in [2.05, 4.69) is 25.3 Å². The molecule has 33 heavy (non-hydrogen) atoms. The first-order valence-electron chi connectivity index (χ1n) is 10.2. The van der Waals surface area contributed by atoms with E-state index in [1.54, 1.807) is 24.0 Å². The molecular weight excluding hydrogens is 449 g/mol. The lowest BCUT2D eigenvalue weighted by atomic mass is 9.98. The Morgan fingerprint density at radius 2 is 2.03 bits per heavy atom. The van der Waals surface area contributed by atoms with Crippen LogP contribution in [-0.2, 0) is 11.3 Å². The molecule has 7 nitrogen and oxygen atoms in total. The second-order valence-corrected chi connectivity index (χ2v) is 7.90. The molecule has 0 unspecified atom stereocenters. The van der Waals surface area contributed by atoms with Crippen molar-refractivity contribution in [2.45, 2.75) is 51.6 Å². The zero-order chi connectivity index (χ0) is 24.2. The third-order valence-corrected chi connectivity index (χ3v) is 5.16. The van der Waals surface area contributed by atoms with E-state index in [0.717, 1.165) is 23.9 Å². The average Bonchev–Trinajstić information content (AvgIpc) is 2.68. The van der Waals surface area contributed by atoms with Crippen molar-refractivity contribution < 1.29 is 31.5 Å². The number of aromatic nitrogens is 2. The van der Waals surface area contributed by atoms with Gasteiger partial charge in [-0.2, -0.15) is 0 Å². The monoisotopic (exact) mass is 473 g/mol. The number of halogens is 5. The average molecular weight is 473 g/mol. The summed E-state index contributed by atoms with van der Waals surface area (Å²) < 4.78 is 69.4. The Labute approximate surface area is 187 Å². The number of anilines is 2. The number of piperidine rings is 1. The molecule has 2 aromatic heterocycles. The number of nitrogens with one attached hydrogen (secondary N) is 2. The summed E-state index contributed by atoms with van der Waals surface area (Å²) in [5.41, 5.74) is 1.28. The molecular formula is C21H24F5N5O2. The number of carbonyl (C=O) groups is 1. The van der Waals surface area contributed by atoms with Crippen LogP contribution in [0.3, 0.4) is 0 Å². The van der Waals surface area contributed by atoms with E-state index < -0.39 is 24.6 Å². The van der Waals surface area contributed by atoms with E-state index in [9.17, 15) is 26.7 Å². The SMILES string of the molecule is CC(=O)NC[C@H]1CCC(F)(F)CN1Cc1nc(Nc2cc(OC(F)(F)F)ccn2)ccc1C. The fraction of sp³-hybridized carbons (Fsp3) is 0.476. The molecule has 0 spiro atoms. The number of ether oxygens (including phenoxy) is 1.